The van der Waals surface area contributed by atoms with Crippen molar-refractivity contribution >= 4 is 5.69 Å². The Morgan fingerprint density at radius 3 is 2.26 bits per heavy atom. The molecule has 0 saturated heterocycles. The summed E-state index contributed by atoms with van der Waals surface area (Å²) in [4.78, 5) is 2.37. The lowest BCUT2D eigenvalue weighted by Gasteiger charge is -2.22. The monoisotopic (exact) mass is 262 g/mol. The maximum atomic E-state index is 5.65. The van der Waals surface area contributed by atoms with Crippen molar-refractivity contribution < 1.29 is 0 Å². The predicted octanol–water partition coefficient (Wildman–Crippen LogP) is 3.89. The van der Waals surface area contributed by atoms with Crippen LogP contribution in [0.5, 0.6) is 0 Å². The van der Waals surface area contributed by atoms with Gasteiger partial charge in [0.1, 0.15) is 0 Å². The summed E-state index contributed by atoms with van der Waals surface area (Å²) in [5.74, 6) is 0.803. The van der Waals surface area contributed by atoms with Crippen molar-refractivity contribution in [2.75, 3.05) is 25.0 Å². The molecule has 0 heterocycles. The number of nitrogens with zero attached hydrogens (tertiary/aromatic N) is 1. The molecule has 0 aliphatic carbocycles. The largest absolute Gasteiger partial charge is 0.375 e. The fourth-order valence-electron chi connectivity index (χ4n) is 2.71. The minimum absolute atomic E-state index is 0.803. The van der Waals surface area contributed by atoms with E-state index in [0.29, 0.717) is 0 Å². The second-order valence-electron chi connectivity index (χ2n) is 5.76. The van der Waals surface area contributed by atoms with E-state index in [1.807, 2.05) is 0 Å². The van der Waals surface area contributed by atoms with Gasteiger partial charge < -0.3 is 10.6 Å². The molecule has 19 heavy (non-hydrogen) atoms. The molecule has 108 valence electrons. The van der Waals surface area contributed by atoms with Crippen LogP contribution in [0, 0.1) is 19.8 Å². The Hall–Kier alpha value is -1.02. The first kappa shape index (κ1) is 16.0. The van der Waals surface area contributed by atoms with E-state index < -0.39 is 0 Å². The van der Waals surface area contributed by atoms with Crippen molar-refractivity contribution in [3.63, 3.8) is 0 Å². The first-order valence-electron chi connectivity index (χ1n) is 7.56. The number of anilines is 1. The van der Waals surface area contributed by atoms with Gasteiger partial charge in [-0.15, -0.1) is 0 Å². The number of hydrogen-bond donors (Lipinski definition) is 1. The molecule has 1 rings (SSSR count). The summed E-state index contributed by atoms with van der Waals surface area (Å²) in [6.07, 6.45) is 4.97. The average Bonchev–Trinajstić information content (AvgIpc) is 2.36. The number of rotatable bonds is 8. The number of aryl methyl sites for hydroxylation is 2. The van der Waals surface area contributed by atoms with Gasteiger partial charge in [-0.25, -0.2) is 0 Å². The lowest BCUT2D eigenvalue weighted by atomic mass is 9.96. The molecule has 2 heteroatoms. The highest BCUT2D eigenvalue weighted by molar-refractivity contribution is 5.50. The quantitative estimate of drug-likeness (QED) is 0.770. The Bertz CT molecular complexity index is 353. The molecule has 0 spiro atoms. The molecule has 0 bridgehead atoms. The summed E-state index contributed by atoms with van der Waals surface area (Å²) >= 11 is 0. The first-order valence-corrected chi connectivity index (χ1v) is 7.56. The van der Waals surface area contributed by atoms with Crippen molar-refractivity contribution in [1.82, 2.24) is 0 Å². The highest BCUT2D eigenvalue weighted by Gasteiger charge is 2.07. The molecular weight excluding hydrogens is 232 g/mol. The van der Waals surface area contributed by atoms with Crippen molar-refractivity contribution in [3.05, 3.63) is 29.3 Å². The molecule has 1 aromatic rings. The summed E-state index contributed by atoms with van der Waals surface area (Å²) in [6, 6.07) is 6.76. The van der Waals surface area contributed by atoms with Gasteiger partial charge in [0.15, 0.2) is 0 Å². The van der Waals surface area contributed by atoms with Crippen LogP contribution in [0.4, 0.5) is 5.69 Å². The molecule has 0 aromatic heterocycles. The van der Waals surface area contributed by atoms with Crippen LogP contribution in [0.15, 0.2) is 18.2 Å². The number of benzene rings is 1. The van der Waals surface area contributed by atoms with E-state index in [0.717, 1.165) is 19.0 Å². The Kier molecular flexibility index (Phi) is 6.93. The maximum absolute atomic E-state index is 5.65. The fraction of sp³-hybridized carbons (Fsp3) is 0.647. The fourth-order valence-corrected chi connectivity index (χ4v) is 2.71. The summed E-state index contributed by atoms with van der Waals surface area (Å²) in [5, 5.41) is 0. The molecule has 1 unspecified atom stereocenters. The Morgan fingerprint density at radius 2 is 1.74 bits per heavy atom. The van der Waals surface area contributed by atoms with E-state index in [1.54, 1.807) is 0 Å². The third-order valence-corrected chi connectivity index (χ3v) is 3.91. The van der Waals surface area contributed by atoms with Crippen LogP contribution in [0.3, 0.4) is 0 Å². The Morgan fingerprint density at radius 1 is 1.11 bits per heavy atom. The third kappa shape index (κ3) is 5.65. The number of hydrogen-bond acceptors (Lipinski definition) is 2. The molecule has 0 amide bonds. The minimum atomic E-state index is 0.803. The van der Waals surface area contributed by atoms with Crippen LogP contribution in [-0.2, 0) is 0 Å². The molecule has 0 aliphatic rings. The van der Waals surface area contributed by atoms with E-state index in [-0.39, 0.29) is 0 Å². The van der Waals surface area contributed by atoms with Crippen LogP contribution < -0.4 is 10.6 Å². The Balaban J connectivity index is 2.44. The molecule has 0 fully saturated rings. The summed E-state index contributed by atoms with van der Waals surface area (Å²) < 4.78 is 0. The van der Waals surface area contributed by atoms with E-state index in [1.165, 1.54) is 42.5 Å². The van der Waals surface area contributed by atoms with Gasteiger partial charge in [-0.05, 0) is 68.8 Å². The zero-order valence-electron chi connectivity index (χ0n) is 13.1. The lowest BCUT2D eigenvalue weighted by molar-refractivity contribution is 0.431. The molecule has 2 N–H and O–H groups in total. The topological polar surface area (TPSA) is 29.3 Å². The maximum Gasteiger partial charge on any atom is 0.0368 e. The Labute approximate surface area is 119 Å². The van der Waals surface area contributed by atoms with E-state index in [4.69, 9.17) is 5.73 Å². The lowest BCUT2D eigenvalue weighted by Crippen LogP contribution is -2.20. The smallest absolute Gasteiger partial charge is 0.0368 e. The van der Waals surface area contributed by atoms with Gasteiger partial charge in [0.05, 0.1) is 0 Å². The molecule has 1 atom stereocenters. The standard InChI is InChI=1S/C17H30N2/c1-5-16(8-9-18)7-6-10-19(4)17-12-14(2)11-15(3)13-17/h11-13,16H,5-10,18H2,1-4H3. The van der Waals surface area contributed by atoms with Crippen LogP contribution >= 0.6 is 0 Å². The molecule has 2 nitrogen and oxygen atoms in total. The molecular formula is C17H30N2. The second-order valence-corrected chi connectivity index (χ2v) is 5.76. The minimum Gasteiger partial charge on any atom is -0.375 e. The van der Waals surface area contributed by atoms with E-state index >= 15 is 0 Å². The zero-order valence-corrected chi connectivity index (χ0v) is 13.1. The summed E-state index contributed by atoms with van der Waals surface area (Å²) in [7, 11) is 2.19. The first-order chi connectivity index (χ1) is 9.06. The van der Waals surface area contributed by atoms with Gasteiger partial charge in [-0.2, -0.15) is 0 Å². The van der Waals surface area contributed by atoms with E-state index in [9.17, 15) is 0 Å². The van der Waals surface area contributed by atoms with E-state index in [2.05, 4.69) is 50.9 Å². The highest BCUT2D eigenvalue weighted by Crippen LogP contribution is 2.19. The molecule has 1 aromatic carbocycles. The predicted molar refractivity (Wildman–Crippen MR) is 85.9 cm³/mol. The van der Waals surface area contributed by atoms with Crippen molar-refractivity contribution in [2.45, 2.75) is 46.5 Å². The van der Waals surface area contributed by atoms with Gasteiger partial charge in [-0.1, -0.05) is 19.4 Å². The third-order valence-electron chi connectivity index (χ3n) is 3.91. The van der Waals surface area contributed by atoms with Crippen molar-refractivity contribution in [1.29, 1.82) is 0 Å². The highest BCUT2D eigenvalue weighted by atomic mass is 15.1. The normalized spacial score (nSPS) is 12.5. The van der Waals surface area contributed by atoms with Crippen LogP contribution in [0.25, 0.3) is 0 Å². The summed E-state index contributed by atoms with van der Waals surface area (Å²) in [5.41, 5.74) is 9.68. The van der Waals surface area contributed by atoms with Gasteiger partial charge >= 0.3 is 0 Å². The van der Waals surface area contributed by atoms with Gasteiger partial charge in [-0.3, -0.25) is 0 Å². The van der Waals surface area contributed by atoms with Gasteiger partial charge in [0, 0.05) is 19.3 Å². The summed E-state index contributed by atoms with van der Waals surface area (Å²) in [6.45, 7) is 8.56. The second kappa shape index (κ2) is 8.21. The average molecular weight is 262 g/mol. The molecule has 0 radical (unpaired) electrons. The van der Waals surface area contributed by atoms with Crippen LogP contribution in [0.2, 0.25) is 0 Å². The van der Waals surface area contributed by atoms with Crippen molar-refractivity contribution in [3.8, 4) is 0 Å². The van der Waals surface area contributed by atoms with Gasteiger partial charge in [0.25, 0.3) is 0 Å². The number of nitrogens with two attached hydrogens (primary N) is 1. The molecule has 0 saturated carbocycles. The van der Waals surface area contributed by atoms with Gasteiger partial charge in [0.2, 0.25) is 0 Å². The molecule has 0 aliphatic heterocycles. The zero-order chi connectivity index (χ0) is 14.3. The SMILES string of the molecule is CCC(CCN)CCCN(C)c1cc(C)cc(C)c1. The van der Waals surface area contributed by atoms with Crippen LogP contribution in [0.1, 0.15) is 43.7 Å². The van der Waals surface area contributed by atoms with Crippen LogP contribution in [-0.4, -0.2) is 20.1 Å². The van der Waals surface area contributed by atoms with Crippen molar-refractivity contribution in [2.24, 2.45) is 11.7 Å².